The molecule has 1 aromatic carbocycles. The van der Waals surface area contributed by atoms with E-state index in [1.54, 1.807) is 0 Å². The minimum Gasteiger partial charge on any atom is -0.368 e. The van der Waals surface area contributed by atoms with Crippen molar-refractivity contribution in [3.8, 4) is 0 Å². The fraction of sp³-hybridized carbons (Fsp3) is 0.650. The molecule has 0 spiro atoms. The highest BCUT2D eigenvalue weighted by Gasteiger charge is 2.32. The summed E-state index contributed by atoms with van der Waals surface area (Å²) in [6.07, 6.45) is 3.14. The van der Waals surface area contributed by atoms with Gasteiger partial charge in [0.15, 0.2) is 0 Å². The van der Waals surface area contributed by atoms with Crippen molar-refractivity contribution >= 4 is 21.8 Å². The molecule has 1 fully saturated rings. The van der Waals surface area contributed by atoms with E-state index < -0.39 is 10.2 Å². The van der Waals surface area contributed by atoms with Crippen LogP contribution in [-0.4, -0.2) is 69.3 Å². The summed E-state index contributed by atoms with van der Waals surface area (Å²) in [5.74, 6) is -0.0446. The van der Waals surface area contributed by atoms with Crippen molar-refractivity contribution in [3.63, 3.8) is 0 Å². The van der Waals surface area contributed by atoms with E-state index in [-0.39, 0.29) is 11.8 Å². The van der Waals surface area contributed by atoms with E-state index >= 15 is 0 Å². The summed E-state index contributed by atoms with van der Waals surface area (Å²) in [5.41, 5.74) is 2.72. The molecule has 7 nitrogen and oxygen atoms in total. The second-order valence-electron chi connectivity index (χ2n) is 7.98. The van der Waals surface area contributed by atoms with Crippen molar-refractivity contribution in [1.82, 2.24) is 13.9 Å². The topological polar surface area (TPSA) is 73.0 Å². The van der Waals surface area contributed by atoms with E-state index in [1.165, 1.54) is 34.0 Å². The molecule has 1 N–H and O–H groups in total. The molecular formula is C20H32N4O3S. The lowest BCUT2D eigenvalue weighted by Gasteiger charge is -2.32. The van der Waals surface area contributed by atoms with E-state index in [4.69, 9.17) is 0 Å². The number of nitrogens with zero attached hydrogens (tertiary/aromatic N) is 3. The average Bonchev–Trinajstić information content (AvgIpc) is 3.00. The van der Waals surface area contributed by atoms with Gasteiger partial charge in [-0.1, -0.05) is 18.2 Å². The van der Waals surface area contributed by atoms with Gasteiger partial charge in [-0.3, -0.25) is 4.79 Å². The molecule has 1 aromatic rings. The number of nitrogens with one attached hydrogen (secondary N) is 1. The molecule has 1 atom stereocenters. The Bertz CT molecular complexity index is 788. The van der Waals surface area contributed by atoms with Gasteiger partial charge in [0, 0.05) is 57.9 Å². The third-order valence-electron chi connectivity index (χ3n) is 5.84. The highest BCUT2D eigenvalue weighted by Crippen LogP contribution is 2.31. The van der Waals surface area contributed by atoms with Crippen molar-refractivity contribution < 1.29 is 13.2 Å². The van der Waals surface area contributed by atoms with E-state index in [9.17, 15) is 13.2 Å². The van der Waals surface area contributed by atoms with Crippen molar-refractivity contribution in [2.45, 2.75) is 38.6 Å². The van der Waals surface area contributed by atoms with Gasteiger partial charge in [-0.05, 0) is 44.2 Å². The van der Waals surface area contributed by atoms with Crippen LogP contribution in [0.15, 0.2) is 24.3 Å². The number of carbonyl (C=O) groups excluding carboxylic acids is 1. The van der Waals surface area contributed by atoms with E-state index in [0.717, 1.165) is 19.4 Å². The predicted octanol–water partition coefficient (Wildman–Crippen LogP) is 1.46. The normalized spacial score (nSPS) is 21.1. The first-order valence-electron chi connectivity index (χ1n) is 10.1. The average molecular weight is 409 g/mol. The van der Waals surface area contributed by atoms with Crippen LogP contribution in [0.3, 0.4) is 0 Å². The van der Waals surface area contributed by atoms with Crippen LogP contribution in [0.5, 0.6) is 0 Å². The summed E-state index contributed by atoms with van der Waals surface area (Å²) < 4.78 is 27.0. The number of anilines is 1. The number of fused-ring (bicyclic) bond motifs is 1. The van der Waals surface area contributed by atoms with E-state index in [1.807, 2.05) is 0 Å². The van der Waals surface area contributed by atoms with Crippen LogP contribution in [0.2, 0.25) is 0 Å². The third kappa shape index (κ3) is 4.50. The van der Waals surface area contributed by atoms with Gasteiger partial charge >= 0.3 is 0 Å². The SMILES string of the molecule is C[C@H]1Cc2ccccc2N1CCCNC(=O)C1CCN(S(=O)(=O)N(C)C)CC1. The monoisotopic (exact) mass is 408 g/mol. The van der Waals surface area contributed by atoms with Crippen LogP contribution in [0.25, 0.3) is 0 Å². The molecule has 0 bridgehead atoms. The first kappa shape index (κ1) is 21.1. The summed E-state index contributed by atoms with van der Waals surface area (Å²) in [4.78, 5) is 14.9. The van der Waals surface area contributed by atoms with Gasteiger partial charge in [0.2, 0.25) is 5.91 Å². The maximum atomic E-state index is 12.4. The summed E-state index contributed by atoms with van der Waals surface area (Å²) >= 11 is 0. The van der Waals surface area contributed by atoms with Crippen LogP contribution >= 0.6 is 0 Å². The number of carbonyl (C=O) groups is 1. The van der Waals surface area contributed by atoms with Crippen molar-refractivity contribution in [2.75, 3.05) is 45.2 Å². The maximum Gasteiger partial charge on any atom is 0.281 e. The van der Waals surface area contributed by atoms with Gasteiger partial charge in [0.05, 0.1) is 0 Å². The molecule has 28 heavy (non-hydrogen) atoms. The van der Waals surface area contributed by atoms with Gasteiger partial charge in [-0.25, -0.2) is 0 Å². The molecule has 2 heterocycles. The van der Waals surface area contributed by atoms with Crippen LogP contribution in [-0.2, 0) is 21.4 Å². The Morgan fingerprint density at radius 2 is 1.89 bits per heavy atom. The maximum absolute atomic E-state index is 12.4. The lowest BCUT2D eigenvalue weighted by molar-refractivity contribution is -0.126. The molecule has 1 amide bonds. The summed E-state index contributed by atoms with van der Waals surface area (Å²) in [7, 11) is -0.309. The summed E-state index contributed by atoms with van der Waals surface area (Å²) in [6.45, 7) is 4.63. The van der Waals surface area contributed by atoms with Crippen molar-refractivity contribution in [2.24, 2.45) is 5.92 Å². The molecule has 2 aliphatic rings. The number of para-hydroxylation sites is 1. The lowest BCUT2D eigenvalue weighted by Crippen LogP contribution is -2.47. The zero-order chi connectivity index (χ0) is 20.3. The fourth-order valence-corrected chi connectivity index (χ4v) is 5.29. The number of hydrogen-bond acceptors (Lipinski definition) is 4. The molecule has 0 aromatic heterocycles. The fourth-order valence-electron chi connectivity index (χ4n) is 4.16. The number of rotatable bonds is 7. The van der Waals surface area contributed by atoms with Crippen molar-refractivity contribution in [1.29, 1.82) is 0 Å². The van der Waals surface area contributed by atoms with Gasteiger partial charge in [-0.2, -0.15) is 17.0 Å². The molecule has 0 saturated carbocycles. The van der Waals surface area contributed by atoms with Crippen LogP contribution in [0, 0.1) is 5.92 Å². The highest BCUT2D eigenvalue weighted by atomic mass is 32.2. The number of piperidine rings is 1. The van der Waals surface area contributed by atoms with E-state index in [2.05, 4.69) is 41.4 Å². The smallest absolute Gasteiger partial charge is 0.281 e. The number of benzene rings is 1. The Morgan fingerprint density at radius 1 is 1.21 bits per heavy atom. The zero-order valence-corrected chi connectivity index (χ0v) is 17.9. The summed E-state index contributed by atoms with van der Waals surface area (Å²) in [5, 5.41) is 3.05. The van der Waals surface area contributed by atoms with Gasteiger partial charge in [0.25, 0.3) is 10.2 Å². The predicted molar refractivity (Wildman–Crippen MR) is 111 cm³/mol. The second-order valence-corrected chi connectivity index (χ2v) is 10.1. The van der Waals surface area contributed by atoms with Gasteiger partial charge in [-0.15, -0.1) is 0 Å². The van der Waals surface area contributed by atoms with E-state index in [0.29, 0.717) is 38.5 Å². The largest absolute Gasteiger partial charge is 0.368 e. The lowest BCUT2D eigenvalue weighted by atomic mass is 9.97. The Morgan fingerprint density at radius 3 is 2.57 bits per heavy atom. The Kier molecular flexibility index (Phi) is 6.62. The van der Waals surface area contributed by atoms with Gasteiger partial charge in [0.1, 0.15) is 0 Å². The molecular weight excluding hydrogens is 376 g/mol. The van der Waals surface area contributed by atoms with Crippen LogP contribution < -0.4 is 10.2 Å². The van der Waals surface area contributed by atoms with Crippen molar-refractivity contribution in [3.05, 3.63) is 29.8 Å². The number of hydrogen-bond donors (Lipinski definition) is 1. The van der Waals surface area contributed by atoms with Gasteiger partial charge < -0.3 is 10.2 Å². The second kappa shape index (κ2) is 8.80. The molecule has 0 aliphatic carbocycles. The minimum atomic E-state index is -3.38. The Labute approximate surface area is 168 Å². The standard InChI is InChI=1S/C20H32N4O3S/c1-16-15-18-7-4-5-8-19(18)24(16)12-6-11-21-20(25)17-9-13-23(14-10-17)28(26,27)22(2)3/h4-5,7-8,16-17H,6,9-15H2,1-3H3,(H,21,25)/t16-/m0/s1. The molecule has 8 heteroatoms. The zero-order valence-electron chi connectivity index (χ0n) is 17.1. The molecule has 2 aliphatic heterocycles. The Hall–Kier alpha value is -1.64. The molecule has 3 rings (SSSR count). The number of amides is 1. The summed E-state index contributed by atoms with van der Waals surface area (Å²) in [6, 6.07) is 9.03. The third-order valence-corrected chi connectivity index (χ3v) is 7.78. The van der Waals surface area contributed by atoms with Crippen LogP contribution in [0.4, 0.5) is 5.69 Å². The quantitative estimate of drug-likeness (QED) is 0.694. The molecule has 156 valence electrons. The Balaban J connectivity index is 1.40. The first-order chi connectivity index (χ1) is 13.3. The molecule has 0 radical (unpaired) electrons. The molecule has 0 unspecified atom stereocenters. The first-order valence-corrected chi connectivity index (χ1v) is 11.5. The van der Waals surface area contributed by atoms with Crippen LogP contribution in [0.1, 0.15) is 31.7 Å². The highest BCUT2D eigenvalue weighted by molar-refractivity contribution is 7.86. The minimum absolute atomic E-state index is 0.0526. The molecule has 1 saturated heterocycles.